The van der Waals surface area contributed by atoms with E-state index in [4.69, 9.17) is 15.3 Å². The maximum absolute atomic E-state index is 10.4. The zero-order valence-electron chi connectivity index (χ0n) is 5.72. The van der Waals surface area contributed by atoms with Crippen molar-refractivity contribution in [3.05, 3.63) is 12.1 Å². The minimum atomic E-state index is -2.72. The molecule has 0 spiro atoms. The molecular weight excluding hydrogens is 184 g/mol. The van der Waals surface area contributed by atoms with Gasteiger partial charge in [-0.3, -0.25) is 4.21 Å². The van der Waals surface area contributed by atoms with E-state index in [0.717, 1.165) is 12.1 Å². The van der Waals surface area contributed by atoms with E-state index in [1.54, 1.807) is 0 Å². The van der Waals surface area contributed by atoms with Gasteiger partial charge in [0.1, 0.15) is 22.1 Å². The van der Waals surface area contributed by atoms with Crippen LogP contribution in [0.2, 0.25) is 0 Å². The molecule has 1 rings (SSSR count). The van der Waals surface area contributed by atoms with E-state index in [1.807, 2.05) is 0 Å². The minimum Gasteiger partial charge on any atom is -0.768 e. The lowest BCUT2D eigenvalue weighted by Crippen LogP contribution is -1.89. The van der Waals surface area contributed by atoms with Crippen molar-refractivity contribution in [1.82, 2.24) is 0 Å². The summed E-state index contributed by atoms with van der Waals surface area (Å²) in [6.07, 6.45) is 0. The van der Waals surface area contributed by atoms with Gasteiger partial charge in [-0.25, -0.2) is 0 Å². The fraction of sp³-hybridized carbons (Fsp3) is 0. The monoisotopic (exact) mass is 189 g/mol. The van der Waals surface area contributed by atoms with Crippen LogP contribution in [0, 0.1) is 0 Å². The highest BCUT2D eigenvalue weighted by atomic mass is 32.2. The van der Waals surface area contributed by atoms with Crippen LogP contribution < -0.4 is 0 Å². The van der Waals surface area contributed by atoms with Gasteiger partial charge in [0.2, 0.25) is 0 Å². The summed E-state index contributed by atoms with van der Waals surface area (Å²) in [7, 11) is 0. The highest BCUT2D eigenvalue weighted by Crippen LogP contribution is 2.33. The second-order valence-electron chi connectivity index (χ2n) is 2.05. The molecule has 0 heterocycles. The van der Waals surface area contributed by atoms with Crippen LogP contribution in [0.4, 0.5) is 0 Å². The third kappa shape index (κ3) is 1.49. The van der Waals surface area contributed by atoms with Crippen molar-refractivity contribution in [2.45, 2.75) is 4.90 Å². The SMILES string of the molecule is O=S([O-])c1c(O)cc(O)cc1O. The molecule has 0 aliphatic carbocycles. The van der Waals surface area contributed by atoms with Crippen LogP contribution >= 0.6 is 0 Å². The van der Waals surface area contributed by atoms with Gasteiger partial charge in [-0.2, -0.15) is 0 Å². The molecule has 0 saturated carbocycles. The van der Waals surface area contributed by atoms with Crippen molar-refractivity contribution in [2.24, 2.45) is 0 Å². The highest BCUT2D eigenvalue weighted by Gasteiger charge is 2.09. The molecule has 1 unspecified atom stereocenters. The topological polar surface area (TPSA) is 101 Å². The molecule has 12 heavy (non-hydrogen) atoms. The largest absolute Gasteiger partial charge is 0.768 e. The molecule has 1 aromatic rings. The Bertz CT molecular complexity index is 312. The van der Waals surface area contributed by atoms with E-state index >= 15 is 0 Å². The number of aromatic hydroxyl groups is 3. The highest BCUT2D eigenvalue weighted by molar-refractivity contribution is 7.79. The Kier molecular flexibility index (Phi) is 2.20. The lowest BCUT2D eigenvalue weighted by molar-refractivity contribution is 0.405. The fourth-order valence-electron chi connectivity index (χ4n) is 0.755. The number of hydrogen-bond acceptors (Lipinski definition) is 5. The molecule has 0 amide bonds. The van der Waals surface area contributed by atoms with E-state index in [9.17, 15) is 8.76 Å². The average Bonchev–Trinajstić information content (AvgIpc) is 1.82. The molecule has 1 aromatic carbocycles. The molecule has 66 valence electrons. The Hall–Kier alpha value is -1.27. The number of hydrogen-bond donors (Lipinski definition) is 3. The predicted molar refractivity (Wildman–Crippen MR) is 38.6 cm³/mol. The first-order chi connectivity index (χ1) is 5.52. The van der Waals surface area contributed by atoms with Gasteiger partial charge in [-0.1, -0.05) is 0 Å². The van der Waals surface area contributed by atoms with Gasteiger partial charge in [0, 0.05) is 12.1 Å². The average molecular weight is 189 g/mol. The van der Waals surface area contributed by atoms with Crippen molar-refractivity contribution < 1.29 is 24.1 Å². The quantitative estimate of drug-likeness (QED) is 0.541. The van der Waals surface area contributed by atoms with Crippen LogP contribution in [-0.4, -0.2) is 24.1 Å². The third-order valence-electron chi connectivity index (χ3n) is 1.20. The molecule has 0 saturated heterocycles. The second kappa shape index (κ2) is 3.00. The summed E-state index contributed by atoms with van der Waals surface area (Å²) in [5, 5.41) is 26.6. The molecule has 0 fully saturated rings. The maximum Gasteiger partial charge on any atom is 0.138 e. The lowest BCUT2D eigenvalue weighted by atomic mass is 10.3. The van der Waals surface area contributed by atoms with Crippen molar-refractivity contribution in [1.29, 1.82) is 0 Å². The van der Waals surface area contributed by atoms with Gasteiger partial charge < -0.3 is 19.9 Å². The zero-order chi connectivity index (χ0) is 9.30. The van der Waals surface area contributed by atoms with Crippen LogP contribution in [0.3, 0.4) is 0 Å². The van der Waals surface area contributed by atoms with Crippen LogP contribution in [0.15, 0.2) is 17.0 Å². The molecule has 3 N–H and O–H groups in total. The number of phenols is 3. The minimum absolute atomic E-state index is 0.404. The van der Waals surface area contributed by atoms with Gasteiger partial charge in [0.15, 0.2) is 0 Å². The number of rotatable bonds is 1. The first-order valence-corrected chi connectivity index (χ1v) is 3.94. The predicted octanol–water partition coefficient (Wildman–Crippen LogP) is 0.0414. The summed E-state index contributed by atoms with van der Waals surface area (Å²) >= 11 is -2.72. The van der Waals surface area contributed by atoms with Crippen LogP contribution in [0.1, 0.15) is 0 Å². The zero-order valence-corrected chi connectivity index (χ0v) is 6.54. The van der Waals surface area contributed by atoms with E-state index in [0.29, 0.717) is 0 Å². The maximum atomic E-state index is 10.4. The van der Waals surface area contributed by atoms with Crippen molar-refractivity contribution in [3.63, 3.8) is 0 Å². The summed E-state index contributed by atoms with van der Waals surface area (Å²) in [6.45, 7) is 0. The molecule has 0 aromatic heterocycles. The third-order valence-corrected chi connectivity index (χ3v) is 1.95. The van der Waals surface area contributed by atoms with Crippen LogP contribution in [0.25, 0.3) is 0 Å². The van der Waals surface area contributed by atoms with Gasteiger partial charge in [-0.05, 0) is 11.1 Å². The summed E-state index contributed by atoms with van der Waals surface area (Å²) < 4.78 is 20.7. The summed E-state index contributed by atoms with van der Waals surface area (Å²) in [6, 6.07) is 1.65. The van der Waals surface area contributed by atoms with E-state index in [-0.39, 0.29) is 0 Å². The van der Waals surface area contributed by atoms with Gasteiger partial charge in [0.05, 0.1) is 0 Å². The first-order valence-electron chi connectivity index (χ1n) is 2.86. The van der Waals surface area contributed by atoms with Gasteiger partial charge in [-0.15, -0.1) is 0 Å². The molecule has 1 atom stereocenters. The molecule has 0 bridgehead atoms. The Morgan fingerprint density at radius 3 is 1.92 bits per heavy atom. The van der Waals surface area contributed by atoms with E-state index in [1.165, 1.54) is 0 Å². The second-order valence-corrected chi connectivity index (χ2v) is 2.93. The van der Waals surface area contributed by atoms with Crippen molar-refractivity contribution in [3.8, 4) is 17.2 Å². The van der Waals surface area contributed by atoms with Gasteiger partial charge in [0.25, 0.3) is 0 Å². The number of phenolic OH excluding ortho intramolecular Hbond substituents is 3. The molecule has 0 aliphatic heterocycles. The Morgan fingerprint density at radius 1 is 1.17 bits per heavy atom. The first kappa shape index (κ1) is 8.82. The smallest absolute Gasteiger partial charge is 0.138 e. The lowest BCUT2D eigenvalue weighted by Gasteiger charge is -2.09. The summed E-state index contributed by atoms with van der Waals surface area (Å²) in [5.74, 6) is -1.76. The van der Waals surface area contributed by atoms with Crippen LogP contribution in [-0.2, 0) is 11.1 Å². The standard InChI is InChI=1S/C6H6O5S/c7-3-1-4(8)6(12(10)11)5(9)2-3/h1-2,7-9H,(H,10,11)/p-1. The van der Waals surface area contributed by atoms with Crippen molar-refractivity contribution in [2.75, 3.05) is 0 Å². The van der Waals surface area contributed by atoms with E-state index in [2.05, 4.69) is 0 Å². The summed E-state index contributed by atoms with van der Waals surface area (Å²) in [4.78, 5) is -0.618. The molecule has 0 radical (unpaired) electrons. The molecule has 6 heteroatoms. The Labute approximate surface area is 70.2 Å². The van der Waals surface area contributed by atoms with Crippen molar-refractivity contribution >= 4 is 11.1 Å². The Balaban J connectivity index is 3.38. The van der Waals surface area contributed by atoms with Gasteiger partial charge >= 0.3 is 0 Å². The molecule has 5 nitrogen and oxygen atoms in total. The number of benzene rings is 1. The van der Waals surface area contributed by atoms with E-state index < -0.39 is 33.2 Å². The fourth-order valence-corrected chi connectivity index (χ4v) is 1.21. The molecule has 0 aliphatic rings. The summed E-state index contributed by atoms with van der Waals surface area (Å²) in [5.41, 5.74) is 0. The normalized spacial score (nSPS) is 12.8. The molecular formula is C6H5O5S-. The Morgan fingerprint density at radius 2 is 1.58 bits per heavy atom. The van der Waals surface area contributed by atoms with Crippen LogP contribution in [0.5, 0.6) is 17.2 Å².